The Hall–Kier alpha value is -1.35. The lowest BCUT2D eigenvalue weighted by molar-refractivity contribution is 0.790. The maximum absolute atomic E-state index is 5.70. The third-order valence-electron chi connectivity index (χ3n) is 1.85. The average molecular weight is 161 g/mol. The van der Waals surface area contributed by atoms with Crippen LogP contribution in [0.15, 0.2) is 30.6 Å². The molecule has 1 unspecified atom stereocenters. The topological polar surface area (TPSA) is 43.3 Å². The van der Waals surface area contributed by atoms with Crippen LogP contribution in [0.1, 0.15) is 18.7 Å². The largest absolute Gasteiger partial charge is 0.323 e. The van der Waals surface area contributed by atoms with E-state index < -0.39 is 0 Å². The van der Waals surface area contributed by atoms with Crippen molar-refractivity contribution in [3.63, 3.8) is 0 Å². The first-order chi connectivity index (χ1) is 5.77. The molecule has 0 fully saturated rings. The van der Waals surface area contributed by atoms with Crippen LogP contribution in [0, 0.1) is 0 Å². The van der Waals surface area contributed by atoms with Crippen LogP contribution in [0.2, 0.25) is 0 Å². The summed E-state index contributed by atoms with van der Waals surface area (Å²) < 4.78 is 1.97. The summed E-state index contributed by atoms with van der Waals surface area (Å²) in [5.41, 5.74) is 7.58. The van der Waals surface area contributed by atoms with Crippen molar-refractivity contribution in [2.45, 2.75) is 13.0 Å². The molecule has 2 heterocycles. The number of rotatable bonds is 1. The molecule has 2 N–H and O–H groups in total. The fourth-order valence-electron chi connectivity index (χ4n) is 1.17. The Morgan fingerprint density at radius 1 is 1.50 bits per heavy atom. The van der Waals surface area contributed by atoms with Gasteiger partial charge in [-0.2, -0.15) is 0 Å². The Morgan fingerprint density at radius 3 is 3.00 bits per heavy atom. The number of aromatic nitrogens is 2. The zero-order valence-electron chi connectivity index (χ0n) is 6.94. The van der Waals surface area contributed by atoms with E-state index in [1.165, 1.54) is 0 Å². The molecule has 12 heavy (non-hydrogen) atoms. The van der Waals surface area contributed by atoms with Crippen LogP contribution in [0.5, 0.6) is 0 Å². The Kier molecular flexibility index (Phi) is 1.59. The smallest absolute Gasteiger partial charge is 0.137 e. The van der Waals surface area contributed by atoms with Crippen LogP contribution in [0.25, 0.3) is 5.65 Å². The molecule has 0 saturated carbocycles. The van der Waals surface area contributed by atoms with E-state index >= 15 is 0 Å². The predicted molar refractivity (Wildman–Crippen MR) is 47.8 cm³/mol. The van der Waals surface area contributed by atoms with Gasteiger partial charge in [-0.3, -0.25) is 0 Å². The molecule has 0 amide bonds. The van der Waals surface area contributed by atoms with E-state index in [0.717, 1.165) is 11.3 Å². The van der Waals surface area contributed by atoms with Crippen molar-refractivity contribution in [1.29, 1.82) is 0 Å². The average Bonchev–Trinajstić information content (AvgIpc) is 2.46. The highest BCUT2D eigenvalue weighted by atomic mass is 15.0. The molecule has 62 valence electrons. The lowest BCUT2D eigenvalue weighted by atomic mass is 10.3. The van der Waals surface area contributed by atoms with Gasteiger partial charge in [0.15, 0.2) is 0 Å². The van der Waals surface area contributed by atoms with Crippen molar-refractivity contribution in [3.05, 3.63) is 36.3 Å². The molecule has 0 radical (unpaired) electrons. The Labute approximate surface area is 70.8 Å². The molecular weight excluding hydrogens is 150 g/mol. The number of hydrogen-bond donors (Lipinski definition) is 1. The fourth-order valence-corrected chi connectivity index (χ4v) is 1.17. The van der Waals surface area contributed by atoms with Crippen molar-refractivity contribution in [1.82, 2.24) is 9.38 Å². The normalized spacial score (nSPS) is 13.5. The summed E-state index contributed by atoms with van der Waals surface area (Å²) in [5, 5.41) is 0. The summed E-state index contributed by atoms with van der Waals surface area (Å²) in [7, 11) is 0. The summed E-state index contributed by atoms with van der Waals surface area (Å²) in [5.74, 6) is 0. The fraction of sp³-hybridized carbons (Fsp3) is 0.222. The second kappa shape index (κ2) is 2.60. The van der Waals surface area contributed by atoms with Gasteiger partial charge in [0.2, 0.25) is 0 Å². The van der Waals surface area contributed by atoms with Crippen molar-refractivity contribution >= 4 is 5.65 Å². The number of imidazole rings is 1. The molecule has 2 aromatic heterocycles. The summed E-state index contributed by atoms with van der Waals surface area (Å²) in [6.07, 6.45) is 3.92. The van der Waals surface area contributed by atoms with Gasteiger partial charge < -0.3 is 10.1 Å². The van der Waals surface area contributed by atoms with E-state index in [1.807, 2.05) is 41.9 Å². The molecule has 0 aliphatic carbocycles. The van der Waals surface area contributed by atoms with Crippen molar-refractivity contribution in [3.8, 4) is 0 Å². The summed E-state index contributed by atoms with van der Waals surface area (Å²) >= 11 is 0. The number of nitrogens with zero attached hydrogens (tertiary/aromatic N) is 2. The van der Waals surface area contributed by atoms with Crippen molar-refractivity contribution in [2.75, 3.05) is 0 Å². The van der Waals surface area contributed by atoms with E-state index in [0.29, 0.717) is 0 Å². The molecule has 1 atom stereocenters. The first-order valence-electron chi connectivity index (χ1n) is 3.96. The van der Waals surface area contributed by atoms with E-state index in [-0.39, 0.29) is 6.04 Å². The molecular formula is C9H11N3. The SMILES string of the molecule is CC(N)c1cn2ccccc2n1. The van der Waals surface area contributed by atoms with Crippen LogP contribution < -0.4 is 5.73 Å². The van der Waals surface area contributed by atoms with Crippen LogP contribution in [0.3, 0.4) is 0 Å². The second-order valence-corrected chi connectivity index (χ2v) is 2.92. The standard InChI is InChI=1S/C9H11N3/c1-7(10)8-6-12-5-3-2-4-9(12)11-8/h2-7H,10H2,1H3. The molecule has 0 aliphatic rings. The highest BCUT2D eigenvalue weighted by Gasteiger charge is 2.03. The molecule has 0 bridgehead atoms. The number of nitrogens with two attached hydrogens (primary N) is 1. The molecule has 0 saturated heterocycles. The van der Waals surface area contributed by atoms with Crippen LogP contribution >= 0.6 is 0 Å². The summed E-state index contributed by atoms with van der Waals surface area (Å²) in [4.78, 5) is 4.35. The van der Waals surface area contributed by atoms with Crippen molar-refractivity contribution in [2.24, 2.45) is 5.73 Å². The molecule has 2 aromatic rings. The quantitative estimate of drug-likeness (QED) is 0.686. The zero-order valence-corrected chi connectivity index (χ0v) is 6.94. The lowest BCUT2D eigenvalue weighted by Crippen LogP contribution is -2.04. The first kappa shape index (κ1) is 7.31. The molecule has 3 nitrogen and oxygen atoms in total. The van der Waals surface area contributed by atoms with Gasteiger partial charge in [0.1, 0.15) is 5.65 Å². The third-order valence-corrected chi connectivity index (χ3v) is 1.85. The molecule has 0 aliphatic heterocycles. The van der Waals surface area contributed by atoms with Gasteiger partial charge in [0, 0.05) is 18.4 Å². The van der Waals surface area contributed by atoms with Gasteiger partial charge in [-0.25, -0.2) is 4.98 Å². The first-order valence-corrected chi connectivity index (χ1v) is 3.96. The van der Waals surface area contributed by atoms with Crippen molar-refractivity contribution < 1.29 is 0 Å². The van der Waals surface area contributed by atoms with Crippen LogP contribution in [-0.4, -0.2) is 9.38 Å². The molecule has 3 heteroatoms. The molecule has 0 spiro atoms. The Balaban J connectivity index is 2.62. The van der Waals surface area contributed by atoms with Crippen LogP contribution in [-0.2, 0) is 0 Å². The van der Waals surface area contributed by atoms with Gasteiger partial charge in [-0.05, 0) is 19.1 Å². The Morgan fingerprint density at radius 2 is 2.33 bits per heavy atom. The highest BCUT2D eigenvalue weighted by Crippen LogP contribution is 2.09. The maximum atomic E-state index is 5.70. The second-order valence-electron chi connectivity index (χ2n) is 2.92. The minimum absolute atomic E-state index is 0.00454. The zero-order chi connectivity index (χ0) is 8.55. The predicted octanol–water partition coefficient (Wildman–Crippen LogP) is 1.35. The minimum atomic E-state index is 0.00454. The van der Waals surface area contributed by atoms with E-state index in [4.69, 9.17) is 5.73 Å². The molecule has 2 rings (SSSR count). The van der Waals surface area contributed by atoms with E-state index in [1.54, 1.807) is 0 Å². The van der Waals surface area contributed by atoms with Gasteiger partial charge >= 0.3 is 0 Å². The Bertz CT molecular complexity index is 356. The molecule has 0 aromatic carbocycles. The lowest BCUT2D eigenvalue weighted by Gasteiger charge is -1.95. The number of pyridine rings is 1. The summed E-state index contributed by atoms with van der Waals surface area (Å²) in [6, 6.07) is 5.91. The third kappa shape index (κ3) is 1.08. The van der Waals surface area contributed by atoms with Gasteiger partial charge in [0.25, 0.3) is 0 Å². The van der Waals surface area contributed by atoms with Gasteiger partial charge in [0.05, 0.1) is 5.69 Å². The van der Waals surface area contributed by atoms with E-state index in [2.05, 4.69) is 4.98 Å². The van der Waals surface area contributed by atoms with Gasteiger partial charge in [-0.1, -0.05) is 6.07 Å². The van der Waals surface area contributed by atoms with Gasteiger partial charge in [-0.15, -0.1) is 0 Å². The van der Waals surface area contributed by atoms with Crippen LogP contribution in [0.4, 0.5) is 0 Å². The maximum Gasteiger partial charge on any atom is 0.137 e. The highest BCUT2D eigenvalue weighted by molar-refractivity contribution is 5.39. The minimum Gasteiger partial charge on any atom is -0.323 e. The number of hydrogen-bond acceptors (Lipinski definition) is 2. The summed E-state index contributed by atoms with van der Waals surface area (Å²) in [6.45, 7) is 1.93. The van der Waals surface area contributed by atoms with E-state index in [9.17, 15) is 0 Å². The number of fused-ring (bicyclic) bond motifs is 1. The monoisotopic (exact) mass is 161 g/mol.